The van der Waals surface area contributed by atoms with Gasteiger partial charge in [-0.3, -0.25) is 10.1 Å². The SMILES string of the molecule is CC(C)c1ccc2oc(-c3ccc(Cl)c(NC(=S)NC(=O)/C=C/c4ccc(-c5cc(Cl)cc(Cl)c5)o4)c3)nc2c1. The first-order valence-corrected chi connectivity index (χ1v) is 13.8. The van der Waals surface area contributed by atoms with E-state index in [-0.39, 0.29) is 5.11 Å². The Labute approximate surface area is 250 Å². The average molecular weight is 611 g/mol. The summed E-state index contributed by atoms with van der Waals surface area (Å²) in [6.07, 6.45) is 2.84. The minimum atomic E-state index is -0.451. The third kappa shape index (κ3) is 6.57. The molecule has 2 aromatic heterocycles. The maximum Gasteiger partial charge on any atom is 0.250 e. The summed E-state index contributed by atoms with van der Waals surface area (Å²) in [5, 5.41) is 7.04. The van der Waals surface area contributed by atoms with Crippen LogP contribution >= 0.6 is 47.0 Å². The maximum absolute atomic E-state index is 12.5. The molecule has 0 aliphatic carbocycles. The lowest BCUT2D eigenvalue weighted by Crippen LogP contribution is -2.32. The Kier molecular flexibility index (Phi) is 8.28. The smallest absolute Gasteiger partial charge is 0.250 e. The number of carbonyl (C=O) groups is 1. The van der Waals surface area contributed by atoms with Crippen LogP contribution in [0, 0.1) is 0 Å². The first kappa shape index (κ1) is 27.9. The molecule has 5 aromatic rings. The van der Waals surface area contributed by atoms with E-state index in [9.17, 15) is 4.79 Å². The summed E-state index contributed by atoms with van der Waals surface area (Å²) >= 11 is 23.8. The molecule has 202 valence electrons. The zero-order chi connectivity index (χ0) is 28.4. The summed E-state index contributed by atoms with van der Waals surface area (Å²) in [6, 6.07) is 19.9. The largest absolute Gasteiger partial charge is 0.457 e. The van der Waals surface area contributed by atoms with Crippen molar-refractivity contribution in [3.05, 3.63) is 99.2 Å². The molecule has 1 amide bonds. The summed E-state index contributed by atoms with van der Waals surface area (Å²) in [4.78, 5) is 17.1. The maximum atomic E-state index is 12.5. The van der Waals surface area contributed by atoms with Crippen molar-refractivity contribution in [2.75, 3.05) is 5.32 Å². The summed E-state index contributed by atoms with van der Waals surface area (Å²) < 4.78 is 11.7. The fraction of sp³-hybridized carbons (Fsp3) is 0.100. The van der Waals surface area contributed by atoms with Crippen LogP contribution in [0.25, 0.3) is 40.0 Å². The van der Waals surface area contributed by atoms with Crippen molar-refractivity contribution in [3.63, 3.8) is 0 Å². The van der Waals surface area contributed by atoms with E-state index in [1.807, 2.05) is 18.2 Å². The molecular weight excluding hydrogens is 589 g/mol. The van der Waals surface area contributed by atoms with Gasteiger partial charge in [-0.25, -0.2) is 4.98 Å². The number of aromatic nitrogens is 1. The van der Waals surface area contributed by atoms with Crippen LogP contribution in [0.15, 0.2) is 81.6 Å². The van der Waals surface area contributed by atoms with Crippen molar-refractivity contribution in [1.82, 2.24) is 10.3 Å². The highest BCUT2D eigenvalue weighted by Crippen LogP contribution is 2.32. The lowest BCUT2D eigenvalue weighted by atomic mass is 10.0. The molecule has 10 heteroatoms. The van der Waals surface area contributed by atoms with Crippen LogP contribution in [-0.2, 0) is 4.79 Å². The van der Waals surface area contributed by atoms with E-state index in [1.165, 1.54) is 17.7 Å². The van der Waals surface area contributed by atoms with Crippen molar-refractivity contribution in [2.24, 2.45) is 0 Å². The molecule has 0 aliphatic heterocycles. The van der Waals surface area contributed by atoms with Crippen LogP contribution in [0.5, 0.6) is 0 Å². The number of nitrogens with one attached hydrogen (secondary N) is 2. The molecule has 6 nitrogen and oxygen atoms in total. The van der Waals surface area contributed by atoms with Gasteiger partial charge in [-0.2, -0.15) is 0 Å². The Morgan fingerprint density at radius 3 is 2.45 bits per heavy atom. The second-order valence-electron chi connectivity index (χ2n) is 9.23. The molecule has 0 radical (unpaired) electrons. The normalized spacial score (nSPS) is 11.4. The van der Waals surface area contributed by atoms with Crippen molar-refractivity contribution >= 4 is 80.9 Å². The van der Waals surface area contributed by atoms with Gasteiger partial charge in [-0.15, -0.1) is 0 Å². The highest BCUT2D eigenvalue weighted by Gasteiger charge is 2.13. The predicted molar refractivity (Wildman–Crippen MR) is 166 cm³/mol. The molecule has 0 bridgehead atoms. The van der Waals surface area contributed by atoms with Gasteiger partial charge in [0, 0.05) is 27.2 Å². The molecule has 0 spiro atoms. The molecule has 0 aliphatic rings. The number of amides is 1. The molecule has 0 unspecified atom stereocenters. The summed E-state index contributed by atoms with van der Waals surface area (Å²) in [7, 11) is 0. The molecule has 5 rings (SSSR count). The molecule has 3 aromatic carbocycles. The van der Waals surface area contributed by atoms with E-state index in [4.69, 9.17) is 55.9 Å². The number of furan rings is 1. The van der Waals surface area contributed by atoms with Gasteiger partial charge in [0.15, 0.2) is 10.7 Å². The monoisotopic (exact) mass is 609 g/mol. The Morgan fingerprint density at radius 1 is 0.925 bits per heavy atom. The standard InChI is InChI=1S/C30H22Cl3N3O3S/c1-16(2)17-4-8-27-25(13-17)34-29(39-27)18-3-7-23(33)24(14-18)35-30(40)36-28(37)10-6-22-5-9-26(38-22)19-11-20(31)15-21(32)12-19/h3-16H,1-2H3,(H2,35,36,37,40)/b10-6+. The number of anilines is 1. The third-order valence-electron chi connectivity index (χ3n) is 5.95. The van der Waals surface area contributed by atoms with Crippen molar-refractivity contribution < 1.29 is 13.6 Å². The fourth-order valence-electron chi connectivity index (χ4n) is 3.94. The molecule has 2 heterocycles. The van der Waals surface area contributed by atoms with Gasteiger partial charge < -0.3 is 14.2 Å². The molecule has 0 atom stereocenters. The lowest BCUT2D eigenvalue weighted by Gasteiger charge is -2.10. The predicted octanol–water partition coefficient (Wildman–Crippen LogP) is 9.36. The number of rotatable bonds is 6. The number of carbonyl (C=O) groups excluding carboxylic acids is 1. The number of oxazole rings is 1. The zero-order valence-corrected chi connectivity index (χ0v) is 24.4. The number of hydrogen-bond acceptors (Lipinski definition) is 5. The van der Waals surface area contributed by atoms with Crippen molar-refractivity contribution in [3.8, 4) is 22.8 Å². The number of hydrogen-bond donors (Lipinski definition) is 2. The second kappa shape index (κ2) is 11.9. The average Bonchev–Trinajstić information content (AvgIpc) is 3.55. The Balaban J connectivity index is 1.24. The van der Waals surface area contributed by atoms with Crippen LogP contribution < -0.4 is 10.6 Å². The summed E-state index contributed by atoms with van der Waals surface area (Å²) in [6.45, 7) is 4.26. The van der Waals surface area contributed by atoms with E-state index < -0.39 is 5.91 Å². The van der Waals surface area contributed by atoms with Gasteiger partial charge in [0.25, 0.3) is 0 Å². The molecule has 0 fully saturated rings. The first-order valence-electron chi connectivity index (χ1n) is 12.2. The quantitative estimate of drug-likeness (QED) is 0.147. The molecule has 0 saturated carbocycles. The number of halogens is 3. The molecular formula is C30H22Cl3N3O3S. The van der Waals surface area contributed by atoms with Crippen LogP contribution in [0.2, 0.25) is 15.1 Å². The minimum Gasteiger partial charge on any atom is -0.457 e. The van der Waals surface area contributed by atoms with Crippen LogP contribution in [-0.4, -0.2) is 16.0 Å². The highest BCUT2D eigenvalue weighted by molar-refractivity contribution is 7.80. The molecule has 0 saturated heterocycles. The van der Waals surface area contributed by atoms with Gasteiger partial charge in [-0.05, 0) is 90.4 Å². The lowest BCUT2D eigenvalue weighted by molar-refractivity contribution is -0.115. The fourth-order valence-corrected chi connectivity index (χ4v) is 4.84. The van der Waals surface area contributed by atoms with E-state index in [2.05, 4.69) is 29.5 Å². The topological polar surface area (TPSA) is 80.3 Å². The van der Waals surface area contributed by atoms with Crippen LogP contribution in [0.4, 0.5) is 5.69 Å². The van der Waals surface area contributed by atoms with Crippen LogP contribution in [0.3, 0.4) is 0 Å². The summed E-state index contributed by atoms with van der Waals surface area (Å²) in [5.41, 5.74) is 4.58. The van der Waals surface area contributed by atoms with Crippen molar-refractivity contribution in [2.45, 2.75) is 19.8 Å². The van der Waals surface area contributed by atoms with Gasteiger partial charge in [0.05, 0.1) is 10.7 Å². The van der Waals surface area contributed by atoms with Gasteiger partial charge >= 0.3 is 0 Å². The number of fused-ring (bicyclic) bond motifs is 1. The Bertz CT molecular complexity index is 1750. The minimum absolute atomic E-state index is 0.0709. The second-order valence-corrected chi connectivity index (χ2v) is 10.9. The number of thiocarbonyl (C=S) groups is 1. The van der Waals surface area contributed by atoms with Gasteiger partial charge in [-0.1, -0.05) is 54.7 Å². The van der Waals surface area contributed by atoms with Gasteiger partial charge in [0.2, 0.25) is 11.8 Å². The van der Waals surface area contributed by atoms with E-state index in [0.29, 0.717) is 55.2 Å². The summed E-state index contributed by atoms with van der Waals surface area (Å²) in [5.74, 6) is 1.41. The Morgan fingerprint density at radius 2 is 1.70 bits per heavy atom. The third-order valence-corrected chi connectivity index (χ3v) is 6.92. The van der Waals surface area contributed by atoms with E-state index in [0.717, 1.165) is 11.1 Å². The first-order chi connectivity index (χ1) is 19.1. The Hall–Kier alpha value is -3.62. The van der Waals surface area contributed by atoms with Crippen LogP contribution in [0.1, 0.15) is 31.1 Å². The number of nitrogens with zero attached hydrogens (tertiary/aromatic N) is 1. The molecule has 2 N–H and O–H groups in total. The number of benzene rings is 3. The van der Waals surface area contributed by atoms with E-state index in [1.54, 1.807) is 48.5 Å². The van der Waals surface area contributed by atoms with Gasteiger partial charge in [0.1, 0.15) is 17.0 Å². The highest BCUT2D eigenvalue weighted by atomic mass is 35.5. The van der Waals surface area contributed by atoms with E-state index >= 15 is 0 Å². The zero-order valence-electron chi connectivity index (χ0n) is 21.3. The molecule has 40 heavy (non-hydrogen) atoms. The van der Waals surface area contributed by atoms with Crippen molar-refractivity contribution in [1.29, 1.82) is 0 Å².